The summed E-state index contributed by atoms with van der Waals surface area (Å²) in [6.45, 7) is 6.03. The number of nitrogens with zero attached hydrogens (tertiary/aromatic N) is 3. The molecule has 0 saturated heterocycles. The monoisotopic (exact) mass is 272 g/mol. The summed E-state index contributed by atoms with van der Waals surface area (Å²) in [5, 5.41) is 5.48. The van der Waals surface area contributed by atoms with Crippen molar-refractivity contribution in [1.29, 1.82) is 0 Å². The molecule has 3 rings (SSSR count). The number of rotatable bonds is 2. The second-order valence-electron chi connectivity index (χ2n) is 4.75. The molecule has 98 valence electrons. The third-order valence-corrected chi connectivity index (χ3v) is 4.28. The summed E-state index contributed by atoms with van der Waals surface area (Å²) >= 11 is 1.65. The number of thiazole rings is 1. The fourth-order valence-corrected chi connectivity index (χ4v) is 3.42. The number of aryl methyl sites for hydroxylation is 1. The minimum Gasteiger partial charge on any atom is -0.324 e. The normalized spacial score (nSPS) is 13.1. The molecule has 4 nitrogen and oxygen atoms in total. The van der Waals surface area contributed by atoms with Gasteiger partial charge in [0.2, 0.25) is 5.13 Å². The van der Waals surface area contributed by atoms with E-state index in [1.165, 1.54) is 4.70 Å². The summed E-state index contributed by atoms with van der Waals surface area (Å²) in [7, 11) is 0. The molecule has 1 atom stereocenters. The second-order valence-corrected chi connectivity index (χ2v) is 5.76. The zero-order chi connectivity index (χ0) is 13.6. The molecule has 0 amide bonds. The molecular weight excluding hydrogens is 256 g/mol. The van der Waals surface area contributed by atoms with Crippen LogP contribution in [-0.2, 0) is 0 Å². The van der Waals surface area contributed by atoms with Crippen molar-refractivity contribution in [3.8, 4) is 5.13 Å². The quantitative estimate of drug-likeness (QED) is 0.779. The molecule has 1 unspecified atom stereocenters. The van der Waals surface area contributed by atoms with E-state index in [1.807, 2.05) is 43.7 Å². The number of para-hydroxylation sites is 1. The van der Waals surface area contributed by atoms with Crippen LogP contribution in [0.2, 0.25) is 0 Å². The lowest BCUT2D eigenvalue weighted by atomic mass is 10.1. The van der Waals surface area contributed by atoms with Crippen molar-refractivity contribution in [2.75, 3.05) is 0 Å². The second kappa shape index (κ2) is 4.43. The van der Waals surface area contributed by atoms with E-state index in [0.29, 0.717) is 0 Å². The Morgan fingerprint density at radius 1 is 1.26 bits per heavy atom. The van der Waals surface area contributed by atoms with E-state index in [4.69, 9.17) is 5.73 Å². The molecule has 3 aromatic rings. The van der Waals surface area contributed by atoms with E-state index in [0.717, 1.165) is 27.6 Å². The van der Waals surface area contributed by atoms with E-state index >= 15 is 0 Å². The van der Waals surface area contributed by atoms with Crippen LogP contribution >= 0.6 is 11.3 Å². The first-order valence-electron chi connectivity index (χ1n) is 6.25. The van der Waals surface area contributed by atoms with Gasteiger partial charge in [-0.1, -0.05) is 23.5 Å². The van der Waals surface area contributed by atoms with E-state index in [9.17, 15) is 0 Å². The smallest absolute Gasteiger partial charge is 0.211 e. The van der Waals surface area contributed by atoms with Crippen molar-refractivity contribution < 1.29 is 0 Å². The highest BCUT2D eigenvalue weighted by atomic mass is 32.1. The zero-order valence-corrected chi connectivity index (χ0v) is 12.0. The molecule has 5 heteroatoms. The highest BCUT2D eigenvalue weighted by Gasteiger charge is 2.17. The van der Waals surface area contributed by atoms with Gasteiger partial charge in [0.05, 0.1) is 15.9 Å². The van der Waals surface area contributed by atoms with Crippen LogP contribution in [0.4, 0.5) is 0 Å². The van der Waals surface area contributed by atoms with Crippen molar-refractivity contribution in [2.45, 2.75) is 26.8 Å². The van der Waals surface area contributed by atoms with E-state index in [1.54, 1.807) is 11.3 Å². The molecule has 0 fully saturated rings. The lowest BCUT2D eigenvalue weighted by Gasteiger charge is -2.05. The van der Waals surface area contributed by atoms with Crippen molar-refractivity contribution in [3.63, 3.8) is 0 Å². The number of benzene rings is 1. The maximum absolute atomic E-state index is 6.01. The maximum atomic E-state index is 6.01. The van der Waals surface area contributed by atoms with Crippen LogP contribution in [0.25, 0.3) is 15.3 Å². The van der Waals surface area contributed by atoms with Crippen LogP contribution in [0.3, 0.4) is 0 Å². The van der Waals surface area contributed by atoms with Gasteiger partial charge in [-0.05, 0) is 32.9 Å². The Morgan fingerprint density at radius 2 is 2.00 bits per heavy atom. The molecule has 19 heavy (non-hydrogen) atoms. The minimum atomic E-state index is -0.0110. The van der Waals surface area contributed by atoms with Gasteiger partial charge in [0, 0.05) is 17.3 Å². The predicted molar refractivity (Wildman–Crippen MR) is 78.8 cm³/mol. The molecule has 0 aliphatic heterocycles. The molecule has 0 spiro atoms. The average molecular weight is 272 g/mol. The molecule has 0 radical (unpaired) electrons. The summed E-state index contributed by atoms with van der Waals surface area (Å²) in [5.74, 6) is 0. The van der Waals surface area contributed by atoms with Crippen molar-refractivity contribution in [1.82, 2.24) is 14.8 Å². The van der Waals surface area contributed by atoms with Crippen LogP contribution in [-0.4, -0.2) is 14.8 Å². The van der Waals surface area contributed by atoms with E-state index in [-0.39, 0.29) is 6.04 Å². The first-order chi connectivity index (χ1) is 9.08. The summed E-state index contributed by atoms with van der Waals surface area (Å²) in [6.07, 6.45) is 0. The Kier molecular flexibility index (Phi) is 2.88. The Bertz CT molecular complexity index is 706. The largest absolute Gasteiger partial charge is 0.324 e. The molecule has 2 aromatic heterocycles. The highest BCUT2D eigenvalue weighted by molar-refractivity contribution is 7.20. The first-order valence-corrected chi connectivity index (χ1v) is 7.07. The number of nitrogens with two attached hydrogens (primary N) is 1. The first kappa shape index (κ1) is 12.3. The third kappa shape index (κ3) is 1.95. The summed E-state index contributed by atoms with van der Waals surface area (Å²) in [6, 6.07) is 8.12. The predicted octanol–water partition coefficient (Wildman–Crippen LogP) is 3.12. The highest BCUT2D eigenvalue weighted by Crippen LogP contribution is 2.28. The Balaban J connectivity index is 2.19. The Labute approximate surface area is 115 Å². The molecule has 2 heterocycles. The zero-order valence-electron chi connectivity index (χ0n) is 11.2. The summed E-state index contributed by atoms with van der Waals surface area (Å²) in [5.41, 5.74) is 10.2. The molecule has 0 aliphatic rings. The molecular formula is C14H16N4S. The molecule has 1 aromatic carbocycles. The third-order valence-electron chi connectivity index (χ3n) is 3.27. The summed E-state index contributed by atoms with van der Waals surface area (Å²) in [4.78, 5) is 4.64. The van der Waals surface area contributed by atoms with Gasteiger partial charge >= 0.3 is 0 Å². The van der Waals surface area contributed by atoms with Gasteiger partial charge in [0.15, 0.2) is 0 Å². The fourth-order valence-electron chi connectivity index (χ4n) is 2.45. The maximum Gasteiger partial charge on any atom is 0.211 e. The van der Waals surface area contributed by atoms with Crippen LogP contribution in [0.15, 0.2) is 24.3 Å². The van der Waals surface area contributed by atoms with E-state index < -0.39 is 0 Å². The van der Waals surface area contributed by atoms with E-state index in [2.05, 4.69) is 16.1 Å². The van der Waals surface area contributed by atoms with Crippen LogP contribution < -0.4 is 5.73 Å². The topological polar surface area (TPSA) is 56.7 Å². The van der Waals surface area contributed by atoms with Crippen molar-refractivity contribution in [2.24, 2.45) is 5.73 Å². The van der Waals surface area contributed by atoms with Crippen LogP contribution in [0.1, 0.15) is 29.9 Å². The van der Waals surface area contributed by atoms with Gasteiger partial charge in [0.25, 0.3) is 0 Å². The fraction of sp³-hybridized carbons (Fsp3) is 0.286. The lowest BCUT2D eigenvalue weighted by Crippen LogP contribution is -2.07. The Hall–Kier alpha value is -1.72. The standard InChI is InChI=1S/C14H16N4S/c1-8(15)13-9(2)17-18(10(13)3)14-16-11-6-4-5-7-12(11)19-14/h4-8H,15H2,1-3H3. The van der Waals surface area contributed by atoms with Gasteiger partial charge < -0.3 is 5.73 Å². The lowest BCUT2D eigenvalue weighted by molar-refractivity contribution is 0.794. The molecule has 0 saturated carbocycles. The van der Waals surface area contributed by atoms with Crippen molar-refractivity contribution >= 4 is 21.6 Å². The van der Waals surface area contributed by atoms with Gasteiger partial charge in [-0.3, -0.25) is 0 Å². The van der Waals surface area contributed by atoms with Gasteiger partial charge in [-0.25, -0.2) is 9.67 Å². The molecule has 0 bridgehead atoms. The molecule has 0 aliphatic carbocycles. The number of hydrogen-bond acceptors (Lipinski definition) is 4. The van der Waals surface area contributed by atoms with Gasteiger partial charge in [-0.2, -0.15) is 5.10 Å². The number of fused-ring (bicyclic) bond motifs is 1. The number of hydrogen-bond donors (Lipinski definition) is 1. The molecule has 2 N–H and O–H groups in total. The number of aromatic nitrogens is 3. The van der Waals surface area contributed by atoms with Crippen molar-refractivity contribution in [3.05, 3.63) is 41.2 Å². The van der Waals surface area contributed by atoms with Crippen LogP contribution in [0.5, 0.6) is 0 Å². The van der Waals surface area contributed by atoms with Gasteiger partial charge in [0.1, 0.15) is 0 Å². The average Bonchev–Trinajstić information content (AvgIpc) is 2.89. The van der Waals surface area contributed by atoms with Crippen LogP contribution in [0, 0.1) is 13.8 Å². The Morgan fingerprint density at radius 3 is 2.63 bits per heavy atom. The SMILES string of the molecule is Cc1nn(-c2nc3ccccc3s2)c(C)c1C(C)N. The van der Waals surface area contributed by atoms with Gasteiger partial charge in [-0.15, -0.1) is 0 Å². The minimum absolute atomic E-state index is 0.0110. The summed E-state index contributed by atoms with van der Waals surface area (Å²) < 4.78 is 3.08.